The standard InChI is InChI=1S/C15H14F2N6O2S2/c1-23-15(20-21-22-23)26-7-6-12(24)19-14-18-10(8-27-14)9-4-2-3-5-11(9)25-13(16)17/h2-5,8,13H,6-7H2,1H3,(H,18,19,24). The van der Waals surface area contributed by atoms with E-state index in [1.165, 1.54) is 33.8 Å². The van der Waals surface area contributed by atoms with E-state index in [2.05, 4.69) is 30.6 Å². The molecule has 1 aromatic carbocycles. The average molecular weight is 412 g/mol. The molecule has 0 saturated carbocycles. The van der Waals surface area contributed by atoms with Gasteiger partial charge in [-0.3, -0.25) is 4.79 Å². The highest BCUT2D eigenvalue weighted by atomic mass is 32.2. The van der Waals surface area contributed by atoms with Crippen molar-refractivity contribution in [1.29, 1.82) is 0 Å². The van der Waals surface area contributed by atoms with Crippen LogP contribution in [0.1, 0.15) is 6.42 Å². The third-order valence-corrected chi connectivity index (χ3v) is 5.04. The lowest BCUT2D eigenvalue weighted by Crippen LogP contribution is -2.12. The molecule has 0 saturated heterocycles. The molecule has 1 amide bonds. The fourth-order valence-electron chi connectivity index (χ4n) is 2.09. The number of hydrogen-bond donors (Lipinski definition) is 1. The zero-order chi connectivity index (χ0) is 19.2. The second-order valence-electron chi connectivity index (χ2n) is 5.14. The minimum Gasteiger partial charge on any atom is -0.434 e. The first-order valence-corrected chi connectivity index (χ1v) is 9.54. The number of tetrazole rings is 1. The van der Waals surface area contributed by atoms with Crippen LogP contribution in [0.4, 0.5) is 13.9 Å². The maximum Gasteiger partial charge on any atom is 0.387 e. The number of para-hydroxylation sites is 1. The van der Waals surface area contributed by atoms with Crippen molar-refractivity contribution >= 4 is 34.1 Å². The first-order chi connectivity index (χ1) is 13.0. The number of amides is 1. The smallest absolute Gasteiger partial charge is 0.387 e. The number of alkyl halides is 2. The Bertz CT molecular complexity index is 917. The summed E-state index contributed by atoms with van der Waals surface area (Å²) < 4.78 is 31.1. The molecule has 2 heterocycles. The number of thioether (sulfide) groups is 1. The molecule has 142 valence electrons. The number of halogens is 2. The zero-order valence-electron chi connectivity index (χ0n) is 14.0. The van der Waals surface area contributed by atoms with E-state index in [1.807, 2.05) is 0 Å². The lowest BCUT2D eigenvalue weighted by molar-refractivity contribution is -0.115. The number of thiazole rings is 1. The Hall–Kier alpha value is -2.60. The Morgan fingerprint density at radius 3 is 2.96 bits per heavy atom. The quantitative estimate of drug-likeness (QED) is 0.568. The van der Waals surface area contributed by atoms with Crippen LogP contribution in [0.5, 0.6) is 5.75 Å². The lowest BCUT2D eigenvalue weighted by atomic mass is 10.1. The third-order valence-electron chi connectivity index (χ3n) is 3.27. The summed E-state index contributed by atoms with van der Waals surface area (Å²) in [6, 6.07) is 6.37. The van der Waals surface area contributed by atoms with Crippen LogP contribution in [0, 0.1) is 0 Å². The summed E-state index contributed by atoms with van der Waals surface area (Å²) in [5.41, 5.74) is 0.881. The molecule has 0 atom stereocenters. The van der Waals surface area contributed by atoms with Crippen LogP contribution >= 0.6 is 23.1 Å². The molecule has 12 heteroatoms. The van der Waals surface area contributed by atoms with Gasteiger partial charge in [-0.1, -0.05) is 23.9 Å². The molecule has 3 aromatic rings. The monoisotopic (exact) mass is 412 g/mol. The fourth-order valence-corrected chi connectivity index (χ4v) is 3.61. The normalized spacial score (nSPS) is 11.0. The molecule has 2 aromatic heterocycles. The predicted octanol–water partition coefficient (Wildman–Crippen LogP) is 3.06. The second kappa shape index (κ2) is 8.86. The van der Waals surface area contributed by atoms with Crippen LogP contribution in [0.15, 0.2) is 34.8 Å². The van der Waals surface area contributed by atoms with Crippen LogP contribution in [0.3, 0.4) is 0 Å². The number of nitrogens with zero attached hydrogens (tertiary/aromatic N) is 5. The summed E-state index contributed by atoms with van der Waals surface area (Å²) in [6.07, 6.45) is 0.248. The zero-order valence-corrected chi connectivity index (χ0v) is 15.6. The molecule has 27 heavy (non-hydrogen) atoms. The van der Waals surface area contributed by atoms with E-state index in [0.29, 0.717) is 27.3 Å². The van der Waals surface area contributed by atoms with Gasteiger partial charge in [0.2, 0.25) is 11.1 Å². The van der Waals surface area contributed by atoms with Gasteiger partial charge in [-0.05, 0) is 22.6 Å². The number of aryl methyl sites for hydroxylation is 1. The highest BCUT2D eigenvalue weighted by molar-refractivity contribution is 7.99. The van der Waals surface area contributed by atoms with Gasteiger partial charge < -0.3 is 10.1 Å². The fraction of sp³-hybridized carbons (Fsp3) is 0.267. The van der Waals surface area contributed by atoms with E-state index in [0.717, 1.165) is 0 Å². The molecule has 0 unspecified atom stereocenters. The summed E-state index contributed by atoms with van der Waals surface area (Å²) in [7, 11) is 1.72. The molecule has 0 aliphatic carbocycles. The minimum absolute atomic E-state index is 0.0318. The van der Waals surface area contributed by atoms with Crippen molar-refractivity contribution in [2.45, 2.75) is 18.2 Å². The molecule has 0 bridgehead atoms. The van der Waals surface area contributed by atoms with Gasteiger partial charge in [0, 0.05) is 30.2 Å². The number of anilines is 1. The Morgan fingerprint density at radius 1 is 1.41 bits per heavy atom. The van der Waals surface area contributed by atoms with Gasteiger partial charge in [0.25, 0.3) is 0 Å². The number of hydrogen-bond acceptors (Lipinski definition) is 8. The molecule has 0 fully saturated rings. The predicted molar refractivity (Wildman–Crippen MR) is 97.0 cm³/mol. The lowest BCUT2D eigenvalue weighted by Gasteiger charge is -2.08. The number of ether oxygens (including phenoxy) is 1. The van der Waals surface area contributed by atoms with Gasteiger partial charge in [0.1, 0.15) is 5.75 Å². The van der Waals surface area contributed by atoms with Crippen molar-refractivity contribution in [3.8, 4) is 17.0 Å². The highest BCUT2D eigenvalue weighted by Crippen LogP contribution is 2.33. The Kier molecular flexibility index (Phi) is 6.29. The molecule has 0 aliphatic rings. The molecule has 0 radical (unpaired) electrons. The number of aromatic nitrogens is 5. The Balaban J connectivity index is 1.58. The summed E-state index contributed by atoms with van der Waals surface area (Å²) >= 11 is 2.57. The minimum atomic E-state index is -2.93. The molecule has 0 spiro atoms. The van der Waals surface area contributed by atoms with E-state index in [-0.39, 0.29) is 18.1 Å². The van der Waals surface area contributed by atoms with Crippen molar-refractivity contribution in [2.24, 2.45) is 7.05 Å². The van der Waals surface area contributed by atoms with Crippen LogP contribution in [0.2, 0.25) is 0 Å². The first-order valence-electron chi connectivity index (χ1n) is 7.67. The second-order valence-corrected chi connectivity index (χ2v) is 7.06. The summed E-state index contributed by atoms with van der Waals surface area (Å²) in [6.45, 7) is -2.93. The SMILES string of the molecule is Cn1nnnc1SCCC(=O)Nc1nc(-c2ccccc2OC(F)F)cs1. The molecule has 1 N–H and O–H groups in total. The summed E-state index contributed by atoms with van der Waals surface area (Å²) in [5, 5.41) is 16.4. The van der Waals surface area contributed by atoms with Crippen molar-refractivity contribution < 1.29 is 18.3 Å². The molecule has 0 aliphatic heterocycles. The maximum absolute atomic E-state index is 12.5. The van der Waals surface area contributed by atoms with E-state index in [9.17, 15) is 13.6 Å². The van der Waals surface area contributed by atoms with Gasteiger partial charge in [0.15, 0.2) is 5.13 Å². The van der Waals surface area contributed by atoms with Gasteiger partial charge in [0.05, 0.1) is 5.69 Å². The van der Waals surface area contributed by atoms with Gasteiger partial charge >= 0.3 is 6.61 Å². The van der Waals surface area contributed by atoms with E-state index < -0.39 is 6.61 Å². The molecule has 8 nitrogen and oxygen atoms in total. The maximum atomic E-state index is 12.5. The van der Waals surface area contributed by atoms with Gasteiger partial charge in [-0.2, -0.15) is 8.78 Å². The Labute approximate surface area is 160 Å². The molecular formula is C15H14F2N6O2S2. The van der Waals surface area contributed by atoms with Crippen LogP contribution in [-0.2, 0) is 11.8 Å². The topological polar surface area (TPSA) is 94.8 Å². The van der Waals surface area contributed by atoms with Crippen molar-refractivity contribution in [3.05, 3.63) is 29.6 Å². The van der Waals surface area contributed by atoms with E-state index >= 15 is 0 Å². The Morgan fingerprint density at radius 2 is 2.22 bits per heavy atom. The first kappa shape index (κ1) is 19.2. The van der Waals surface area contributed by atoms with Crippen molar-refractivity contribution in [3.63, 3.8) is 0 Å². The number of carbonyl (C=O) groups excluding carboxylic acids is 1. The van der Waals surface area contributed by atoms with Crippen molar-refractivity contribution in [1.82, 2.24) is 25.2 Å². The third kappa shape index (κ3) is 5.20. The molecule has 3 rings (SSSR count). The van der Waals surface area contributed by atoms with Crippen LogP contribution < -0.4 is 10.1 Å². The van der Waals surface area contributed by atoms with Crippen LogP contribution in [0.25, 0.3) is 11.3 Å². The van der Waals surface area contributed by atoms with Crippen LogP contribution in [-0.4, -0.2) is 43.5 Å². The molecular weight excluding hydrogens is 398 g/mol. The van der Waals surface area contributed by atoms with Gasteiger partial charge in [-0.25, -0.2) is 9.67 Å². The number of benzene rings is 1. The number of nitrogens with one attached hydrogen (secondary N) is 1. The number of rotatable bonds is 8. The summed E-state index contributed by atoms with van der Waals surface area (Å²) in [5.74, 6) is 0.323. The van der Waals surface area contributed by atoms with E-state index in [1.54, 1.807) is 30.6 Å². The summed E-state index contributed by atoms with van der Waals surface area (Å²) in [4.78, 5) is 16.3. The average Bonchev–Trinajstić information content (AvgIpc) is 3.24. The highest BCUT2D eigenvalue weighted by Gasteiger charge is 2.14. The van der Waals surface area contributed by atoms with Crippen molar-refractivity contribution in [2.75, 3.05) is 11.1 Å². The number of carbonyl (C=O) groups is 1. The van der Waals surface area contributed by atoms with E-state index in [4.69, 9.17) is 0 Å². The largest absolute Gasteiger partial charge is 0.434 e. The van der Waals surface area contributed by atoms with Gasteiger partial charge in [-0.15, -0.1) is 16.4 Å².